The van der Waals surface area contributed by atoms with Crippen molar-refractivity contribution in [2.75, 3.05) is 26.6 Å². The Balaban J connectivity index is 1.80. The maximum absolute atomic E-state index is 12.6. The van der Waals surface area contributed by atoms with Crippen LogP contribution >= 0.6 is 11.3 Å². The van der Waals surface area contributed by atoms with E-state index in [4.69, 9.17) is 14.2 Å². The Bertz CT molecular complexity index is 963. The molecule has 2 aromatic rings. The molecule has 1 N–H and O–H groups in total. The van der Waals surface area contributed by atoms with Gasteiger partial charge in [0.15, 0.2) is 11.5 Å². The van der Waals surface area contributed by atoms with Crippen molar-refractivity contribution in [2.24, 2.45) is 5.92 Å². The Kier molecular flexibility index (Phi) is 7.15. The fraction of sp³-hybridized carbons (Fsp3) is 0.391. The number of carbonyl (C=O) groups excluding carboxylic acids is 2. The largest absolute Gasteiger partial charge is 0.493 e. The maximum Gasteiger partial charge on any atom is 0.341 e. The predicted molar refractivity (Wildman–Crippen MR) is 119 cm³/mol. The summed E-state index contributed by atoms with van der Waals surface area (Å²) < 4.78 is 15.5. The van der Waals surface area contributed by atoms with E-state index >= 15 is 0 Å². The first-order valence-corrected chi connectivity index (χ1v) is 10.8. The maximum atomic E-state index is 12.6. The van der Waals surface area contributed by atoms with Crippen LogP contribution < -0.4 is 14.8 Å². The zero-order chi connectivity index (χ0) is 21.7. The molecule has 30 heavy (non-hydrogen) atoms. The van der Waals surface area contributed by atoms with E-state index in [0.29, 0.717) is 28.0 Å². The van der Waals surface area contributed by atoms with Crippen LogP contribution in [0, 0.1) is 5.92 Å². The second kappa shape index (κ2) is 9.80. The Labute approximate surface area is 180 Å². The highest BCUT2D eigenvalue weighted by Crippen LogP contribution is 2.40. The summed E-state index contributed by atoms with van der Waals surface area (Å²) in [4.78, 5) is 26.1. The standard InChI is InChI=1S/C23H27NO5S/c1-5-14-6-9-16-19(13-14)30-22(21(16)23(26)29-4)24-20(25)11-8-15-7-10-17(27-2)18(12-15)28-3/h7-8,10-12,14H,5-6,9,13H2,1-4H3,(H,24,25)/b11-8+/t14-/m1/s1. The van der Waals surface area contributed by atoms with Crippen molar-refractivity contribution in [1.82, 2.24) is 0 Å². The van der Waals surface area contributed by atoms with Crippen LogP contribution in [0.1, 0.15) is 46.1 Å². The molecule has 0 fully saturated rings. The molecule has 6 nitrogen and oxygen atoms in total. The predicted octanol–water partition coefficient (Wildman–Crippen LogP) is 4.72. The summed E-state index contributed by atoms with van der Waals surface area (Å²) >= 11 is 1.48. The van der Waals surface area contributed by atoms with Crippen molar-refractivity contribution in [3.63, 3.8) is 0 Å². The van der Waals surface area contributed by atoms with Crippen molar-refractivity contribution in [3.8, 4) is 11.5 Å². The van der Waals surface area contributed by atoms with Crippen LogP contribution in [0.3, 0.4) is 0 Å². The fourth-order valence-electron chi connectivity index (χ4n) is 3.69. The van der Waals surface area contributed by atoms with E-state index in [-0.39, 0.29) is 5.91 Å². The van der Waals surface area contributed by atoms with Gasteiger partial charge in [0, 0.05) is 11.0 Å². The molecular formula is C23H27NO5S. The van der Waals surface area contributed by atoms with Gasteiger partial charge in [-0.1, -0.05) is 19.4 Å². The second-order valence-corrected chi connectivity index (χ2v) is 8.26. The summed E-state index contributed by atoms with van der Waals surface area (Å²) in [5, 5.41) is 3.43. The summed E-state index contributed by atoms with van der Waals surface area (Å²) in [5.74, 6) is 1.12. The summed E-state index contributed by atoms with van der Waals surface area (Å²) in [6.07, 6.45) is 7.08. The van der Waals surface area contributed by atoms with Crippen LogP contribution in [0.2, 0.25) is 0 Å². The van der Waals surface area contributed by atoms with E-state index in [2.05, 4.69) is 12.2 Å². The molecule has 1 aromatic heterocycles. The zero-order valence-electron chi connectivity index (χ0n) is 17.7. The summed E-state index contributed by atoms with van der Waals surface area (Å²) in [5.41, 5.74) is 2.32. The first kappa shape index (κ1) is 21.9. The molecule has 0 radical (unpaired) electrons. The molecule has 1 aromatic carbocycles. The van der Waals surface area contributed by atoms with Crippen molar-refractivity contribution >= 4 is 34.3 Å². The summed E-state index contributed by atoms with van der Waals surface area (Å²) in [6.45, 7) is 2.19. The summed E-state index contributed by atoms with van der Waals surface area (Å²) in [6, 6.07) is 5.40. The number of rotatable bonds is 7. The van der Waals surface area contributed by atoms with Crippen molar-refractivity contribution < 1.29 is 23.8 Å². The van der Waals surface area contributed by atoms with E-state index in [1.54, 1.807) is 32.4 Å². The molecule has 160 valence electrons. The quantitative estimate of drug-likeness (QED) is 0.509. The molecule has 0 aliphatic heterocycles. The summed E-state index contributed by atoms with van der Waals surface area (Å²) in [7, 11) is 4.50. The molecule has 1 aliphatic rings. The second-order valence-electron chi connectivity index (χ2n) is 7.15. The molecule has 1 amide bonds. The van der Waals surface area contributed by atoms with E-state index in [9.17, 15) is 9.59 Å². The van der Waals surface area contributed by atoms with Gasteiger partial charge in [-0.3, -0.25) is 4.79 Å². The van der Waals surface area contributed by atoms with E-state index in [0.717, 1.165) is 36.8 Å². The van der Waals surface area contributed by atoms with Crippen LogP contribution in [0.15, 0.2) is 24.3 Å². The molecule has 1 aliphatic carbocycles. The molecule has 7 heteroatoms. The van der Waals surface area contributed by atoms with Gasteiger partial charge in [0.05, 0.1) is 26.9 Å². The first-order valence-electron chi connectivity index (χ1n) is 9.94. The van der Waals surface area contributed by atoms with Gasteiger partial charge >= 0.3 is 5.97 Å². The van der Waals surface area contributed by atoms with Gasteiger partial charge in [0.25, 0.3) is 0 Å². The van der Waals surface area contributed by atoms with Gasteiger partial charge < -0.3 is 19.5 Å². The molecule has 1 atom stereocenters. The smallest absolute Gasteiger partial charge is 0.341 e. The van der Waals surface area contributed by atoms with Crippen LogP contribution in [0.5, 0.6) is 11.5 Å². The zero-order valence-corrected chi connectivity index (χ0v) is 18.6. The minimum absolute atomic E-state index is 0.305. The Hall–Kier alpha value is -2.80. The monoisotopic (exact) mass is 429 g/mol. The van der Waals surface area contributed by atoms with E-state index < -0.39 is 5.97 Å². The Morgan fingerprint density at radius 2 is 1.97 bits per heavy atom. The number of anilines is 1. The average Bonchev–Trinajstić information content (AvgIpc) is 3.13. The van der Waals surface area contributed by atoms with Gasteiger partial charge in [0.2, 0.25) is 5.91 Å². The topological polar surface area (TPSA) is 73.9 Å². The van der Waals surface area contributed by atoms with Crippen LogP contribution in [0.25, 0.3) is 6.08 Å². The number of nitrogens with one attached hydrogen (secondary N) is 1. The lowest BCUT2D eigenvalue weighted by molar-refractivity contribution is -0.111. The molecule has 0 spiro atoms. The molecule has 0 saturated heterocycles. The fourth-order valence-corrected chi connectivity index (χ4v) is 5.04. The van der Waals surface area contributed by atoms with Gasteiger partial charge in [-0.15, -0.1) is 11.3 Å². The lowest BCUT2D eigenvalue weighted by Gasteiger charge is -2.20. The number of hydrogen-bond acceptors (Lipinski definition) is 6. The van der Waals surface area contributed by atoms with Crippen LogP contribution in [0.4, 0.5) is 5.00 Å². The average molecular weight is 430 g/mol. The third kappa shape index (κ3) is 4.67. The Morgan fingerprint density at radius 3 is 2.63 bits per heavy atom. The number of esters is 1. The number of benzene rings is 1. The van der Waals surface area contributed by atoms with E-state index in [1.807, 2.05) is 6.07 Å². The van der Waals surface area contributed by atoms with Gasteiger partial charge in [-0.25, -0.2) is 4.79 Å². The van der Waals surface area contributed by atoms with Gasteiger partial charge in [0.1, 0.15) is 5.00 Å². The highest BCUT2D eigenvalue weighted by atomic mass is 32.1. The minimum atomic E-state index is -0.401. The highest BCUT2D eigenvalue weighted by molar-refractivity contribution is 7.17. The first-order chi connectivity index (χ1) is 14.5. The van der Waals surface area contributed by atoms with Gasteiger partial charge in [-0.2, -0.15) is 0 Å². The SMILES string of the molecule is CC[C@@H]1CCc2c(sc(NC(=O)/C=C/c3ccc(OC)c(OC)c3)c2C(=O)OC)C1. The molecule has 0 bridgehead atoms. The normalized spacial score (nSPS) is 15.5. The number of hydrogen-bond donors (Lipinski definition) is 1. The molecule has 3 rings (SSSR count). The third-order valence-corrected chi connectivity index (χ3v) is 6.58. The molecule has 1 heterocycles. The lowest BCUT2D eigenvalue weighted by atomic mass is 9.86. The molecular weight excluding hydrogens is 402 g/mol. The number of thiophene rings is 1. The molecule has 0 saturated carbocycles. The third-order valence-electron chi connectivity index (χ3n) is 5.41. The van der Waals surface area contributed by atoms with Crippen LogP contribution in [-0.2, 0) is 22.4 Å². The number of fused-ring (bicyclic) bond motifs is 1. The number of methoxy groups -OCH3 is 3. The number of ether oxygens (including phenoxy) is 3. The number of amides is 1. The van der Waals surface area contributed by atoms with Crippen molar-refractivity contribution in [1.29, 1.82) is 0 Å². The van der Waals surface area contributed by atoms with Gasteiger partial charge in [-0.05, 0) is 54.5 Å². The number of carbonyl (C=O) groups is 2. The van der Waals surface area contributed by atoms with Crippen molar-refractivity contribution in [3.05, 3.63) is 45.8 Å². The highest BCUT2D eigenvalue weighted by Gasteiger charge is 2.29. The van der Waals surface area contributed by atoms with E-state index in [1.165, 1.54) is 29.4 Å². The van der Waals surface area contributed by atoms with Crippen LogP contribution in [-0.4, -0.2) is 33.2 Å². The minimum Gasteiger partial charge on any atom is -0.493 e. The Morgan fingerprint density at radius 1 is 1.20 bits per heavy atom. The van der Waals surface area contributed by atoms with Crippen molar-refractivity contribution in [2.45, 2.75) is 32.6 Å². The molecule has 0 unspecified atom stereocenters. The lowest BCUT2D eigenvalue weighted by Crippen LogP contribution is -2.15.